The molecule has 0 bridgehead atoms. The largest absolute Gasteiger partial charge is 0.416 e. The molecule has 1 aliphatic heterocycles. The fourth-order valence-electron chi connectivity index (χ4n) is 5.31. The second-order valence-corrected chi connectivity index (χ2v) is 11.5. The Kier molecular flexibility index (Phi) is 8.19. The van der Waals surface area contributed by atoms with Crippen LogP contribution in [0.3, 0.4) is 0 Å². The van der Waals surface area contributed by atoms with Crippen LogP contribution in [-0.2, 0) is 29.5 Å². The second kappa shape index (κ2) is 11.0. The summed E-state index contributed by atoms with van der Waals surface area (Å²) in [5.41, 5.74) is 2.86. The lowest BCUT2D eigenvalue weighted by Gasteiger charge is -2.41. The molecule has 0 spiro atoms. The summed E-state index contributed by atoms with van der Waals surface area (Å²) in [6.45, 7) is 8.33. The Hall–Kier alpha value is -2.58. The van der Waals surface area contributed by atoms with Crippen molar-refractivity contribution in [1.82, 2.24) is 14.7 Å². The zero-order valence-electron chi connectivity index (χ0n) is 22.4. The maximum Gasteiger partial charge on any atom is 0.416 e. The minimum absolute atomic E-state index is 0.00320. The van der Waals surface area contributed by atoms with Crippen molar-refractivity contribution >= 4 is 11.6 Å². The highest BCUT2D eigenvalue weighted by atomic mass is 19.4. The molecule has 1 fully saturated rings. The zero-order valence-corrected chi connectivity index (χ0v) is 22.4. The molecule has 37 heavy (non-hydrogen) atoms. The van der Waals surface area contributed by atoms with Gasteiger partial charge in [0.15, 0.2) is 0 Å². The highest BCUT2D eigenvalue weighted by Gasteiger charge is 2.36. The molecule has 8 heteroatoms. The summed E-state index contributed by atoms with van der Waals surface area (Å²) in [6.07, 6.45) is -1.86. The van der Waals surface area contributed by atoms with Gasteiger partial charge in [0.05, 0.1) is 12.1 Å². The van der Waals surface area contributed by atoms with E-state index in [-0.39, 0.29) is 30.0 Å². The number of benzene rings is 2. The van der Waals surface area contributed by atoms with Crippen molar-refractivity contribution < 1.29 is 18.0 Å². The highest BCUT2D eigenvalue weighted by Crippen LogP contribution is 2.39. The number of rotatable bonds is 10. The molecule has 0 aromatic heterocycles. The maximum atomic E-state index is 13.6. The van der Waals surface area contributed by atoms with Crippen LogP contribution in [0.2, 0.25) is 0 Å². The van der Waals surface area contributed by atoms with Gasteiger partial charge in [0.1, 0.15) is 0 Å². The number of halogens is 3. The first-order valence-electron chi connectivity index (χ1n) is 13.1. The van der Waals surface area contributed by atoms with Crippen LogP contribution in [0, 0.1) is 5.92 Å². The fraction of sp³-hybridized carbons (Fsp3) is 0.552. The van der Waals surface area contributed by atoms with Gasteiger partial charge in [0, 0.05) is 50.4 Å². The Balaban J connectivity index is 1.51. The van der Waals surface area contributed by atoms with Crippen LogP contribution in [0.25, 0.3) is 0 Å². The van der Waals surface area contributed by atoms with Gasteiger partial charge in [-0.3, -0.25) is 9.69 Å². The number of carbonyl (C=O) groups excluding carboxylic acids is 1. The maximum absolute atomic E-state index is 13.6. The summed E-state index contributed by atoms with van der Waals surface area (Å²) in [7, 11) is 3.77. The van der Waals surface area contributed by atoms with E-state index >= 15 is 0 Å². The minimum Gasteiger partial charge on any atom is -0.376 e. The first-order valence-corrected chi connectivity index (χ1v) is 13.1. The van der Waals surface area contributed by atoms with E-state index < -0.39 is 11.7 Å². The smallest absolute Gasteiger partial charge is 0.376 e. The molecule has 202 valence electrons. The summed E-state index contributed by atoms with van der Waals surface area (Å²) < 4.78 is 40.8. The first kappa shape index (κ1) is 27.5. The Morgan fingerprint density at radius 2 is 1.81 bits per heavy atom. The number of nitrogens with zero attached hydrogens (tertiary/aromatic N) is 3. The van der Waals surface area contributed by atoms with E-state index in [9.17, 15) is 18.0 Å². The summed E-state index contributed by atoms with van der Waals surface area (Å²) in [6, 6.07) is 11.7. The van der Waals surface area contributed by atoms with Crippen molar-refractivity contribution in [2.45, 2.75) is 51.4 Å². The number of anilines is 1. The molecule has 2 aromatic carbocycles. The Morgan fingerprint density at radius 1 is 1.08 bits per heavy atom. The molecule has 0 unspecified atom stereocenters. The Labute approximate surface area is 218 Å². The molecule has 1 N–H and O–H groups in total. The van der Waals surface area contributed by atoms with E-state index in [4.69, 9.17) is 0 Å². The van der Waals surface area contributed by atoms with Crippen LogP contribution in [0.5, 0.6) is 0 Å². The number of hydrogen-bond acceptors (Lipinski definition) is 4. The molecule has 2 aromatic rings. The molecular formula is C29H39F3N4O. The average molecular weight is 517 g/mol. The van der Waals surface area contributed by atoms with Crippen molar-refractivity contribution in [3.63, 3.8) is 0 Å². The molecule has 1 heterocycles. The molecule has 0 atom stereocenters. The number of amides is 1. The van der Waals surface area contributed by atoms with Crippen molar-refractivity contribution in [3.05, 3.63) is 64.7 Å². The molecular weight excluding hydrogens is 477 g/mol. The lowest BCUT2D eigenvalue weighted by atomic mass is 9.77. The Morgan fingerprint density at radius 3 is 2.49 bits per heavy atom. The SMILES string of the molecule is CN(C)CCN(Cc1ccccc1C(F)(F)F)C(=O)CNc1cccc2c1CN(CC1CC1)CC2(C)C. The van der Waals surface area contributed by atoms with Gasteiger partial charge >= 0.3 is 6.18 Å². The normalized spacial score (nSPS) is 17.5. The molecule has 0 radical (unpaired) electrons. The van der Waals surface area contributed by atoms with Crippen LogP contribution in [0.4, 0.5) is 18.9 Å². The molecule has 0 saturated heterocycles. The van der Waals surface area contributed by atoms with Crippen LogP contribution in [-0.4, -0.2) is 67.4 Å². The predicted octanol–water partition coefficient (Wildman–Crippen LogP) is 5.21. The lowest BCUT2D eigenvalue weighted by molar-refractivity contribution is -0.139. The third-order valence-corrected chi connectivity index (χ3v) is 7.40. The van der Waals surface area contributed by atoms with E-state index in [1.807, 2.05) is 31.1 Å². The lowest BCUT2D eigenvalue weighted by Crippen LogP contribution is -2.43. The van der Waals surface area contributed by atoms with E-state index in [1.54, 1.807) is 6.07 Å². The second-order valence-electron chi connectivity index (χ2n) is 11.5. The number of hydrogen-bond donors (Lipinski definition) is 1. The van der Waals surface area contributed by atoms with Crippen molar-refractivity contribution in [1.29, 1.82) is 0 Å². The molecule has 1 saturated carbocycles. The Bertz CT molecular complexity index is 1090. The zero-order chi connectivity index (χ0) is 26.8. The summed E-state index contributed by atoms with van der Waals surface area (Å²) in [4.78, 5) is 19.3. The van der Waals surface area contributed by atoms with E-state index in [2.05, 4.69) is 30.1 Å². The molecule has 1 aliphatic carbocycles. The van der Waals surface area contributed by atoms with E-state index in [0.29, 0.717) is 13.1 Å². The number of fused-ring (bicyclic) bond motifs is 1. The molecule has 5 nitrogen and oxygen atoms in total. The van der Waals surface area contributed by atoms with Gasteiger partial charge < -0.3 is 15.1 Å². The quantitative estimate of drug-likeness (QED) is 0.471. The third kappa shape index (κ3) is 7.05. The molecule has 2 aliphatic rings. The van der Waals surface area contributed by atoms with Crippen molar-refractivity contribution in [2.75, 3.05) is 52.1 Å². The highest BCUT2D eigenvalue weighted by molar-refractivity contribution is 5.81. The molecule has 1 amide bonds. The van der Waals surface area contributed by atoms with Gasteiger partial charge in [-0.15, -0.1) is 0 Å². The number of carbonyl (C=O) groups is 1. The van der Waals surface area contributed by atoms with Crippen LogP contribution < -0.4 is 5.32 Å². The molecule has 4 rings (SSSR count). The van der Waals surface area contributed by atoms with E-state index in [0.717, 1.165) is 37.3 Å². The van der Waals surface area contributed by atoms with Gasteiger partial charge in [-0.2, -0.15) is 13.2 Å². The minimum atomic E-state index is -4.46. The van der Waals surface area contributed by atoms with Gasteiger partial charge in [-0.1, -0.05) is 44.2 Å². The van der Waals surface area contributed by atoms with Gasteiger partial charge in [0.2, 0.25) is 5.91 Å². The van der Waals surface area contributed by atoms with Crippen molar-refractivity contribution in [2.24, 2.45) is 5.92 Å². The number of nitrogens with one attached hydrogen (secondary N) is 1. The number of likely N-dealkylation sites (N-methyl/N-ethyl adjacent to an activating group) is 1. The monoisotopic (exact) mass is 516 g/mol. The van der Waals surface area contributed by atoms with E-state index in [1.165, 1.54) is 41.0 Å². The first-order chi connectivity index (χ1) is 17.4. The fourth-order valence-corrected chi connectivity index (χ4v) is 5.31. The standard InChI is InChI=1S/C29H39F3N4O/c1-28(2)20-35(17-21-12-13-21)19-23-25(28)10-7-11-26(23)33-16-27(37)36(15-14-34(3)4)18-22-8-5-6-9-24(22)29(30,31)32/h5-11,21,33H,12-20H2,1-4H3. The van der Waals surface area contributed by atoms with Crippen LogP contribution in [0.1, 0.15) is 48.9 Å². The number of alkyl halides is 3. The third-order valence-electron chi connectivity index (χ3n) is 7.40. The van der Waals surface area contributed by atoms with Crippen LogP contribution >= 0.6 is 0 Å². The van der Waals surface area contributed by atoms with Crippen LogP contribution in [0.15, 0.2) is 42.5 Å². The van der Waals surface area contributed by atoms with Gasteiger partial charge in [-0.25, -0.2) is 0 Å². The van der Waals surface area contributed by atoms with Gasteiger partial charge in [-0.05, 0) is 61.7 Å². The van der Waals surface area contributed by atoms with Gasteiger partial charge in [0.25, 0.3) is 0 Å². The topological polar surface area (TPSA) is 38.8 Å². The summed E-state index contributed by atoms with van der Waals surface area (Å²) >= 11 is 0. The predicted molar refractivity (Wildman–Crippen MR) is 141 cm³/mol. The average Bonchev–Trinajstić information content (AvgIpc) is 3.63. The summed E-state index contributed by atoms with van der Waals surface area (Å²) in [5, 5.41) is 3.34. The van der Waals surface area contributed by atoms with Crippen molar-refractivity contribution in [3.8, 4) is 0 Å². The summed E-state index contributed by atoms with van der Waals surface area (Å²) in [5.74, 6) is 0.574.